The van der Waals surface area contributed by atoms with E-state index in [0.717, 1.165) is 4.90 Å². The maximum Gasteiger partial charge on any atom is 0.415 e. The second-order valence-electron chi connectivity index (χ2n) is 13.8. The summed E-state index contributed by atoms with van der Waals surface area (Å²) in [5.41, 5.74) is 0.190. The molecule has 4 amide bonds. The van der Waals surface area contributed by atoms with Crippen molar-refractivity contribution < 1.29 is 37.8 Å². The van der Waals surface area contributed by atoms with E-state index < -0.39 is 41.0 Å². The summed E-state index contributed by atoms with van der Waals surface area (Å²) in [7, 11) is 0. The number of rotatable bonds is 3. The Morgan fingerprint density at radius 1 is 0.939 bits per heavy atom. The molecule has 4 heterocycles. The summed E-state index contributed by atoms with van der Waals surface area (Å²) in [6.07, 6.45) is 1.19. The van der Waals surface area contributed by atoms with Crippen LogP contribution < -0.4 is 19.9 Å². The van der Waals surface area contributed by atoms with Crippen molar-refractivity contribution >= 4 is 52.0 Å². The summed E-state index contributed by atoms with van der Waals surface area (Å²) in [6.45, 7) is 12.4. The van der Waals surface area contributed by atoms with Gasteiger partial charge in [0.2, 0.25) is 11.8 Å². The Bertz CT molecular complexity index is 2050. The summed E-state index contributed by atoms with van der Waals surface area (Å²) in [4.78, 5) is 64.1. The number of anilines is 3. The first-order chi connectivity index (χ1) is 23.0. The maximum absolute atomic E-state index is 16.7. The number of carbonyl (C=O) groups excluding carboxylic acids is 4. The topological polar surface area (TPSA) is 140 Å². The molecular formula is C36H36FN5O7. The van der Waals surface area contributed by atoms with Crippen LogP contribution >= 0.6 is 0 Å². The van der Waals surface area contributed by atoms with Crippen molar-refractivity contribution in [3.63, 3.8) is 0 Å². The van der Waals surface area contributed by atoms with E-state index in [1.807, 2.05) is 0 Å². The molecule has 0 saturated heterocycles. The number of halogens is 1. The van der Waals surface area contributed by atoms with Crippen molar-refractivity contribution in [2.75, 3.05) is 28.3 Å². The molecule has 1 N–H and O–H groups in total. The van der Waals surface area contributed by atoms with Gasteiger partial charge in [-0.2, -0.15) is 0 Å². The van der Waals surface area contributed by atoms with Crippen LogP contribution in [0.25, 0.3) is 21.9 Å². The van der Waals surface area contributed by atoms with Gasteiger partial charge in [-0.1, -0.05) is 18.2 Å². The first-order valence-corrected chi connectivity index (χ1v) is 15.7. The fourth-order valence-corrected chi connectivity index (χ4v) is 5.81. The Morgan fingerprint density at radius 2 is 1.65 bits per heavy atom. The summed E-state index contributed by atoms with van der Waals surface area (Å²) in [5, 5.41) is 3.07. The second kappa shape index (κ2) is 12.1. The standard InChI is InChI=1S/C36H36FN5O7/c1-19-24(17-39-31-30(19)41(12-13-47-31)34(46)49-36(5,6)7)23-14-21-15-26(42-27(43)16-20-10-8-9-11-22(20)32(42)44)38-18-25(21)29(28(23)37)40-33(45)48-35(2,3)4/h8-11,14-15,17-18H,12-13,16H2,1-7H3,(H,40,45). The third-order valence-corrected chi connectivity index (χ3v) is 7.84. The summed E-state index contributed by atoms with van der Waals surface area (Å²) < 4.78 is 33.5. The highest BCUT2D eigenvalue weighted by molar-refractivity contribution is 6.24. The lowest BCUT2D eigenvalue weighted by molar-refractivity contribution is -0.117. The van der Waals surface area contributed by atoms with Gasteiger partial charge in [0.05, 0.1) is 18.7 Å². The number of imide groups is 1. The SMILES string of the molecule is Cc1c(-c2cc3cc(N4C(=O)Cc5ccccc5C4=O)ncc3c(NC(=O)OC(C)(C)C)c2F)cnc2c1N(C(=O)OC(C)(C)C)CCO2. The highest BCUT2D eigenvalue weighted by Crippen LogP contribution is 2.43. The molecule has 0 atom stereocenters. The van der Waals surface area contributed by atoms with Crippen molar-refractivity contribution in [2.24, 2.45) is 0 Å². The van der Waals surface area contributed by atoms with Crippen LogP contribution in [-0.2, 0) is 20.7 Å². The van der Waals surface area contributed by atoms with Crippen LogP contribution in [0.1, 0.15) is 63.0 Å². The smallest absolute Gasteiger partial charge is 0.415 e. The van der Waals surface area contributed by atoms with Gasteiger partial charge in [0.15, 0.2) is 5.82 Å². The van der Waals surface area contributed by atoms with Crippen LogP contribution in [0.5, 0.6) is 5.88 Å². The highest BCUT2D eigenvalue weighted by atomic mass is 19.1. The van der Waals surface area contributed by atoms with Crippen molar-refractivity contribution in [1.82, 2.24) is 9.97 Å². The maximum atomic E-state index is 16.7. The van der Waals surface area contributed by atoms with Gasteiger partial charge >= 0.3 is 12.2 Å². The number of benzene rings is 2. The average molecular weight is 670 g/mol. The Hall–Kier alpha value is -5.59. The normalized spacial score (nSPS) is 14.6. The van der Waals surface area contributed by atoms with E-state index in [9.17, 15) is 19.2 Å². The number of pyridine rings is 2. The zero-order chi connectivity index (χ0) is 35.4. The van der Waals surface area contributed by atoms with E-state index in [4.69, 9.17) is 14.2 Å². The van der Waals surface area contributed by atoms with Crippen LogP contribution in [-0.4, -0.2) is 58.3 Å². The van der Waals surface area contributed by atoms with E-state index in [-0.39, 0.29) is 47.9 Å². The predicted molar refractivity (Wildman–Crippen MR) is 181 cm³/mol. The molecule has 4 aromatic rings. The van der Waals surface area contributed by atoms with Crippen LogP contribution in [0.2, 0.25) is 0 Å². The van der Waals surface area contributed by atoms with Crippen LogP contribution in [0.4, 0.5) is 31.2 Å². The molecule has 13 heteroatoms. The molecule has 49 heavy (non-hydrogen) atoms. The van der Waals surface area contributed by atoms with E-state index >= 15 is 4.39 Å². The Balaban J connectivity index is 1.52. The molecule has 0 spiro atoms. The van der Waals surface area contributed by atoms with Gasteiger partial charge in [0.25, 0.3) is 5.91 Å². The lowest BCUT2D eigenvalue weighted by Gasteiger charge is -2.32. The minimum absolute atomic E-state index is 0.00203. The van der Waals surface area contributed by atoms with E-state index in [0.29, 0.717) is 33.3 Å². The monoisotopic (exact) mass is 669 g/mol. The first kappa shape index (κ1) is 33.3. The number of hydrogen-bond acceptors (Lipinski definition) is 9. The molecule has 0 aliphatic carbocycles. The van der Waals surface area contributed by atoms with Gasteiger partial charge in [0.1, 0.15) is 29.3 Å². The molecule has 6 rings (SSSR count). The number of fused-ring (bicyclic) bond motifs is 3. The van der Waals surface area contributed by atoms with Gasteiger partial charge in [-0.15, -0.1) is 0 Å². The molecule has 12 nitrogen and oxygen atoms in total. The van der Waals surface area contributed by atoms with Gasteiger partial charge in [-0.05, 0) is 83.2 Å². The average Bonchev–Trinajstić information content (AvgIpc) is 3.00. The number of nitrogens with zero attached hydrogens (tertiary/aromatic N) is 4. The van der Waals surface area contributed by atoms with Crippen molar-refractivity contribution in [2.45, 2.75) is 66.1 Å². The molecule has 2 aromatic heterocycles. The van der Waals surface area contributed by atoms with Gasteiger partial charge < -0.3 is 14.2 Å². The Morgan fingerprint density at radius 3 is 2.37 bits per heavy atom. The quantitative estimate of drug-likeness (QED) is 0.229. The van der Waals surface area contributed by atoms with Gasteiger partial charge in [-0.25, -0.2) is 28.8 Å². The number of amides is 4. The van der Waals surface area contributed by atoms with E-state index in [2.05, 4.69) is 15.3 Å². The number of nitrogens with one attached hydrogen (secondary N) is 1. The Labute approximate surface area is 282 Å². The van der Waals surface area contributed by atoms with Gasteiger partial charge in [-0.3, -0.25) is 19.8 Å². The fraction of sp³-hybridized carbons (Fsp3) is 0.333. The minimum Gasteiger partial charge on any atom is -0.474 e. The zero-order valence-corrected chi connectivity index (χ0v) is 28.3. The lowest BCUT2D eigenvalue weighted by Crippen LogP contribution is -2.42. The summed E-state index contributed by atoms with van der Waals surface area (Å²) in [6, 6.07) is 9.84. The molecule has 0 radical (unpaired) electrons. The van der Waals surface area contributed by atoms with Crippen LogP contribution in [0.3, 0.4) is 0 Å². The predicted octanol–water partition coefficient (Wildman–Crippen LogP) is 6.95. The fourth-order valence-electron chi connectivity index (χ4n) is 5.81. The highest BCUT2D eigenvalue weighted by Gasteiger charge is 2.35. The second-order valence-corrected chi connectivity index (χ2v) is 13.8. The van der Waals surface area contributed by atoms with Crippen molar-refractivity contribution in [3.05, 3.63) is 71.3 Å². The number of hydrogen-bond donors (Lipinski definition) is 1. The Kier molecular flexibility index (Phi) is 8.25. The third kappa shape index (κ3) is 6.48. The summed E-state index contributed by atoms with van der Waals surface area (Å²) in [5.74, 6) is -1.62. The van der Waals surface area contributed by atoms with E-state index in [1.54, 1.807) is 72.7 Å². The van der Waals surface area contributed by atoms with Crippen LogP contribution in [0, 0.1) is 12.7 Å². The largest absolute Gasteiger partial charge is 0.474 e. The zero-order valence-electron chi connectivity index (χ0n) is 28.3. The third-order valence-electron chi connectivity index (χ3n) is 7.84. The molecular weight excluding hydrogens is 633 g/mol. The minimum atomic E-state index is -0.906. The molecule has 0 bridgehead atoms. The van der Waals surface area contributed by atoms with Crippen LogP contribution in [0.15, 0.2) is 48.8 Å². The van der Waals surface area contributed by atoms with E-state index in [1.165, 1.54) is 29.4 Å². The molecule has 2 aliphatic rings. The molecule has 0 unspecified atom stereocenters. The summed E-state index contributed by atoms with van der Waals surface area (Å²) >= 11 is 0. The number of carbonyl (C=O) groups is 4. The van der Waals surface area contributed by atoms with Crippen molar-refractivity contribution in [3.8, 4) is 17.0 Å². The van der Waals surface area contributed by atoms with Gasteiger partial charge in [0, 0.05) is 34.5 Å². The molecule has 0 fully saturated rings. The van der Waals surface area contributed by atoms with Crippen molar-refractivity contribution in [1.29, 1.82) is 0 Å². The molecule has 0 saturated carbocycles. The molecule has 254 valence electrons. The molecule has 2 aromatic carbocycles. The first-order valence-electron chi connectivity index (χ1n) is 15.7. The lowest BCUT2D eigenvalue weighted by atomic mass is 9.96. The molecule has 2 aliphatic heterocycles. The number of ether oxygens (including phenoxy) is 3. The number of aromatic nitrogens is 2.